The van der Waals surface area contributed by atoms with E-state index >= 15 is 4.39 Å². The molecule has 1 fully saturated rings. The maximum atomic E-state index is 15.3. The monoisotopic (exact) mass is 486 g/mol. The van der Waals surface area contributed by atoms with Crippen molar-refractivity contribution in [2.45, 2.75) is 31.3 Å². The summed E-state index contributed by atoms with van der Waals surface area (Å²) in [6.07, 6.45) is -0.122. The fourth-order valence-electron chi connectivity index (χ4n) is 4.58. The van der Waals surface area contributed by atoms with E-state index in [4.69, 9.17) is 20.9 Å². The van der Waals surface area contributed by atoms with Crippen molar-refractivity contribution in [3.05, 3.63) is 64.3 Å². The van der Waals surface area contributed by atoms with Crippen LogP contribution in [0.1, 0.15) is 29.5 Å². The lowest BCUT2D eigenvalue weighted by molar-refractivity contribution is -0.144. The van der Waals surface area contributed by atoms with E-state index in [1.165, 1.54) is 11.0 Å². The van der Waals surface area contributed by atoms with Crippen LogP contribution in [0.2, 0.25) is 5.02 Å². The molecule has 11 heteroatoms. The minimum Gasteiger partial charge on any atom is -0.465 e. The number of hydrogen-bond acceptors (Lipinski definition) is 6. The summed E-state index contributed by atoms with van der Waals surface area (Å²) in [5.41, 5.74) is 0.472. The highest BCUT2D eigenvalue weighted by molar-refractivity contribution is 6.31. The smallest absolute Gasteiger partial charge is 0.405 e. The van der Waals surface area contributed by atoms with Gasteiger partial charge < -0.3 is 24.6 Å². The van der Waals surface area contributed by atoms with E-state index in [1.807, 2.05) is 24.3 Å². The Balaban J connectivity index is 1.72. The van der Waals surface area contributed by atoms with Crippen LogP contribution < -0.4 is 10.2 Å². The van der Waals surface area contributed by atoms with E-state index in [-0.39, 0.29) is 41.2 Å². The van der Waals surface area contributed by atoms with Crippen LogP contribution in [-0.2, 0) is 16.0 Å². The number of nitrogens with one attached hydrogen (secondary N) is 1. The molecule has 2 aromatic carbocycles. The van der Waals surface area contributed by atoms with Crippen molar-refractivity contribution in [1.29, 1.82) is 0 Å². The zero-order chi connectivity index (χ0) is 24.0. The predicted molar refractivity (Wildman–Crippen MR) is 119 cm³/mol. The molecule has 2 heterocycles. The van der Waals surface area contributed by atoms with Crippen LogP contribution in [0.3, 0.4) is 0 Å². The Bertz CT molecular complexity index is 1290. The third-order valence-electron chi connectivity index (χ3n) is 6.13. The Morgan fingerprint density at radius 2 is 2.06 bits per heavy atom. The van der Waals surface area contributed by atoms with Crippen molar-refractivity contribution in [2.75, 3.05) is 18.1 Å². The van der Waals surface area contributed by atoms with E-state index in [9.17, 15) is 14.7 Å². The minimum absolute atomic E-state index is 0.0455. The molecule has 0 spiro atoms. The van der Waals surface area contributed by atoms with Crippen LogP contribution in [0.25, 0.3) is 11.4 Å². The molecule has 1 saturated heterocycles. The van der Waals surface area contributed by atoms with Crippen LogP contribution >= 0.6 is 11.6 Å². The van der Waals surface area contributed by atoms with Crippen molar-refractivity contribution in [3.8, 4) is 11.4 Å². The fourth-order valence-corrected chi connectivity index (χ4v) is 4.78. The molecule has 9 nitrogen and oxygen atoms in total. The van der Waals surface area contributed by atoms with Gasteiger partial charge in [-0.25, -0.2) is 9.18 Å². The number of rotatable bonds is 5. The number of benzene rings is 2. The maximum absolute atomic E-state index is 15.3. The Labute approximate surface area is 198 Å². The fraction of sp³-hybridized carbons (Fsp3) is 0.304. The van der Waals surface area contributed by atoms with Gasteiger partial charge in [0.1, 0.15) is 5.82 Å². The number of amides is 2. The van der Waals surface area contributed by atoms with Gasteiger partial charge in [0.05, 0.1) is 30.5 Å². The lowest BCUT2D eigenvalue weighted by Crippen LogP contribution is -2.70. The number of aryl methyl sites for hydroxylation is 2. The number of aromatic nitrogens is 2. The Kier molecular flexibility index (Phi) is 5.49. The standard InChI is InChI=1S/C23H20ClFN4O5/c1-12-26-20(28-34-12)19-16(25)8-14(24)9-18(19)29(17-7-6-13-4-2-3-5-15(13)17)21(30)23(10-33-11-23)27-22(31)32/h2-5,8-9,17,27H,6-7,10-11H2,1H3,(H,31,32). The van der Waals surface area contributed by atoms with Crippen molar-refractivity contribution < 1.29 is 28.3 Å². The van der Waals surface area contributed by atoms with Gasteiger partial charge in [0.25, 0.3) is 5.91 Å². The Hall–Kier alpha value is -3.50. The van der Waals surface area contributed by atoms with E-state index in [1.54, 1.807) is 6.92 Å². The van der Waals surface area contributed by atoms with Gasteiger partial charge >= 0.3 is 6.09 Å². The molecule has 1 aliphatic carbocycles. The first-order valence-corrected chi connectivity index (χ1v) is 11.0. The second-order valence-electron chi connectivity index (χ2n) is 8.35. The summed E-state index contributed by atoms with van der Waals surface area (Å²) in [4.78, 5) is 31.2. The number of ether oxygens (including phenoxy) is 1. The van der Waals surface area contributed by atoms with Crippen LogP contribution in [0.4, 0.5) is 14.9 Å². The Morgan fingerprint density at radius 3 is 2.71 bits per heavy atom. The third kappa shape index (κ3) is 3.68. The van der Waals surface area contributed by atoms with E-state index in [0.717, 1.165) is 17.2 Å². The molecule has 1 atom stereocenters. The molecule has 34 heavy (non-hydrogen) atoms. The van der Waals surface area contributed by atoms with Crippen molar-refractivity contribution >= 4 is 29.3 Å². The lowest BCUT2D eigenvalue weighted by atomic mass is 9.92. The van der Waals surface area contributed by atoms with Crippen LogP contribution in [-0.4, -0.2) is 46.0 Å². The first-order valence-electron chi connectivity index (χ1n) is 10.6. The molecule has 2 N–H and O–H groups in total. The minimum atomic E-state index is -1.52. The summed E-state index contributed by atoms with van der Waals surface area (Å²) < 4.78 is 25.6. The lowest BCUT2D eigenvalue weighted by Gasteiger charge is -2.44. The van der Waals surface area contributed by atoms with Gasteiger partial charge in [-0.15, -0.1) is 0 Å². The summed E-state index contributed by atoms with van der Waals surface area (Å²) in [6, 6.07) is 9.71. The highest BCUT2D eigenvalue weighted by atomic mass is 35.5. The van der Waals surface area contributed by atoms with Crippen molar-refractivity contribution in [3.63, 3.8) is 0 Å². The number of fused-ring (bicyclic) bond motifs is 1. The van der Waals surface area contributed by atoms with Gasteiger partial charge in [-0.2, -0.15) is 4.98 Å². The predicted octanol–water partition coefficient (Wildman–Crippen LogP) is 3.89. The first-order chi connectivity index (χ1) is 16.3. The number of carbonyl (C=O) groups is 2. The van der Waals surface area contributed by atoms with Gasteiger partial charge in [-0.1, -0.05) is 41.0 Å². The van der Waals surface area contributed by atoms with E-state index in [2.05, 4.69) is 15.5 Å². The SMILES string of the molecule is Cc1nc(-c2c(F)cc(Cl)cc2N(C(=O)C2(NC(=O)O)COC2)C2CCc3ccccc32)no1. The van der Waals surface area contributed by atoms with Gasteiger partial charge in [0.2, 0.25) is 11.7 Å². The number of nitrogens with zero attached hydrogens (tertiary/aromatic N) is 3. The van der Waals surface area contributed by atoms with Crippen LogP contribution in [0, 0.1) is 12.7 Å². The second-order valence-corrected chi connectivity index (χ2v) is 8.79. The maximum Gasteiger partial charge on any atom is 0.405 e. The molecule has 2 amide bonds. The highest BCUT2D eigenvalue weighted by Crippen LogP contribution is 2.44. The number of halogens is 2. The molecule has 0 saturated carbocycles. The topological polar surface area (TPSA) is 118 Å². The zero-order valence-electron chi connectivity index (χ0n) is 18.0. The second kappa shape index (κ2) is 8.37. The third-order valence-corrected chi connectivity index (χ3v) is 6.35. The first kappa shape index (κ1) is 22.3. The number of anilines is 1. The van der Waals surface area contributed by atoms with Gasteiger partial charge in [-0.3, -0.25) is 4.79 Å². The number of hydrogen-bond donors (Lipinski definition) is 2. The number of carboxylic acid groups (broad SMARTS) is 1. The number of carbonyl (C=O) groups excluding carboxylic acids is 1. The summed E-state index contributed by atoms with van der Waals surface area (Å²) in [5.74, 6) is -1.14. The van der Waals surface area contributed by atoms with Crippen LogP contribution in [0.15, 0.2) is 40.9 Å². The average Bonchev–Trinajstić information content (AvgIpc) is 3.37. The highest BCUT2D eigenvalue weighted by Gasteiger charge is 2.52. The molecule has 1 aliphatic heterocycles. The average molecular weight is 487 g/mol. The van der Waals surface area contributed by atoms with Crippen molar-refractivity contribution in [2.24, 2.45) is 0 Å². The van der Waals surface area contributed by atoms with Gasteiger partial charge in [0, 0.05) is 11.9 Å². The quantitative estimate of drug-likeness (QED) is 0.561. The molecule has 1 unspecified atom stereocenters. The molecule has 0 radical (unpaired) electrons. The molecule has 3 aromatic rings. The summed E-state index contributed by atoms with van der Waals surface area (Å²) >= 11 is 6.24. The molecule has 0 bridgehead atoms. The molecular formula is C23H20ClFN4O5. The van der Waals surface area contributed by atoms with E-state index in [0.29, 0.717) is 12.8 Å². The zero-order valence-corrected chi connectivity index (χ0v) is 18.8. The summed E-state index contributed by atoms with van der Waals surface area (Å²) in [6.45, 7) is 1.27. The van der Waals surface area contributed by atoms with E-state index < -0.39 is 29.4 Å². The Morgan fingerprint density at radius 1 is 1.29 bits per heavy atom. The molecule has 2 aliphatic rings. The summed E-state index contributed by atoms with van der Waals surface area (Å²) in [5, 5.41) is 15.6. The van der Waals surface area contributed by atoms with Crippen LogP contribution in [0.5, 0.6) is 0 Å². The molecular weight excluding hydrogens is 467 g/mol. The molecule has 5 rings (SSSR count). The summed E-state index contributed by atoms with van der Waals surface area (Å²) in [7, 11) is 0. The normalized spacial score (nSPS) is 18.1. The van der Waals surface area contributed by atoms with Gasteiger partial charge in [0.15, 0.2) is 5.54 Å². The largest absolute Gasteiger partial charge is 0.465 e. The molecule has 176 valence electrons. The molecule has 1 aromatic heterocycles. The van der Waals surface area contributed by atoms with Crippen molar-refractivity contribution in [1.82, 2.24) is 15.5 Å². The van der Waals surface area contributed by atoms with Gasteiger partial charge in [-0.05, 0) is 36.1 Å².